The van der Waals surface area contributed by atoms with Crippen LogP contribution in [0, 0.1) is 0 Å². The van der Waals surface area contributed by atoms with Gasteiger partial charge in [0, 0.05) is 25.6 Å². The zero-order valence-electron chi connectivity index (χ0n) is 16.2. The Kier molecular flexibility index (Phi) is 7.54. The summed E-state index contributed by atoms with van der Waals surface area (Å²) in [4.78, 5) is 22.8. The highest BCUT2D eigenvalue weighted by Crippen LogP contribution is 2.16. The van der Waals surface area contributed by atoms with Crippen molar-refractivity contribution in [1.82, 2.24) is 9.44 Å². The number of ether oxygens (including phenoxy) is 1. The fraction of sp³-hybridized carbons (Fsp3) is 0.222. The minimum Gasteiger partial charge on any atom is -0.497 e. The van der Waals surface area contributed by atoms with Gasteiger partial charge in [-0.15, -0.1) is 0 Å². The van der Waals surface area contributed by atoms with Crippen molar-refractivity contribution in [2.75, 3.05) is 19.0 Å². The number of carbonyl (C=O) groups is 2. The van der Waals surface area contributed by atoms with Gasteiger partial charge in [-0.2, -0.15) is 0 Å². The van der Waals surface area contributed by atoms with E-state index in [-0.39, 0.29) is 22.8 Å². The summed E-state index contributed by atoms with van der Waals surface area (Å²) in [6.45, 7) is 0.949. The predicted molar refractivity (Wildman–Crippen MR) is 109 cm³/mol. The molecular weight excluding hydrogens is 434 g/mol. The van der Waals surface area contributed by atoms with Gasteiger partial charge >= 0.3 is 0 Å². The van der Waals surface area contributed by atoms with Crippen molar-refractivity contribution < 1.29 is 31.2 Å². The maximum atomic E-state index is 12.2. The lowest BCUT2D eigenvalue weighted by atomic mass is 10.3. The Morgan fingerprint density at radius 3 is 1.93 bits per heavy atom. The summed E-state index contributed by atoms with van der Waals surface area (Å²) >= 11 is 0. The van der Waals surface area contributed by atoms with Crippen molar-refractivity contribution in [2.24, 2.45) is 0 Å². The van der Waals surface area contributed by atoms with Crippen molar-refractivity contribution in [3.8, 4) is 5.75 Å². The lowest BCUT2D eigenvalue weighted by Crippen LogP contribution is -2.28. The van der Waals surface area contributed by atoms with Crippen molar-refractivity contribution in [2.45, 2.75) is 23.1 Å². The van der Waals surface area contributed by atoms with Gasteiger partial charge in [0.25, 0.3) is 10.0 Å². The molecule has 0 saturated carbocycles. The third-order valence-corrected chi connectivity index (χ3v) is 6.67. The second-order valence-electron chi connectivity index (χ2n) is 6.06. The molecular formula is C18H21N3O7S2. The van der Waals surface area contributed by atoms with E-state index in [1.165, 1.54) is 55.6 Å². The smallest absolute Gasteiger partial charge is 0.264 e. The van der Waals surface area contributed by atoms with E-state index in [1.807, 2.05) is 4.72 Å². The van der Waals surface area contributed by atoms with Crippen LogP contribution in [0.5, 0.6) is 5.75 Å². The number of hydrogen-bond donors (Lipinski definition) is 3. The second-order valence-corrected chi connectivity index (χ2v) is 9.51. The fourth-order valence-corrected chi connectivity index (χ4v) is 4.35. The molecule has 10 nitrogen and oxygen atoms in total. The summed E-state index contributed by atoms with van der Waals surface area (Å²) < 4.78 is 57.3. The molecule has 0 bridgehead atoms. The minimum atomic E-state index is -3.96. The molecule has 2 aromatic rings. The van der Waals surface area contributed by atoms with Crippen LogP contribution in [0.15, 0.2) is 58.3 Å². The monoisotopic (exact) mass is 455 g/mol. The summed E-state index contributed by atoms with van der Waals surface area (Å²) in [5, 5.41) is 2.53. The van der Waals surface area contributed by atoms with Crippen LogP contribution in [-0.2, 0) is 29.6 Å². The highest BCUT2D eigenvalue weighted by atomic mass is 32.2. The molecule has 3 N–H and O–H groups in total. The first-order valence-electron chi connectivity index (χ1n) is 8.60. The van der Waals surface area contributed by atoms with Gasteiger partial charge < -0.3 is 10.1 Å². The average molecular weight is 456 g/mol. The number of anilines is 1. The number of nitrogens with one attached hydrogen (secondary N) is 3. The highest BCUT2D eigenvalue weighted by Gasteiger charge is 2.16. The SMILES string of the molecule is COc1ccc(S(=O)(=O)NCCC(=O)Nc2ccc(S(=O)(=O)NC(C)=O)cc2)cc1. The first-order valence-corrected chi connectivity index (χ1v) is 11.6. The van der Waals surface area contributed by atoms with Gasteiger partial charge in [-0.25, -0.2) is 26.3 Å². The van der Waals surface area contributed by atoms with Gasteiger partial charge in [0.2, 0.25) is 21.8 Å². The van der Waals surface area contributed by atoms with Crippen molar-refractivity contribution in [3.05, 3.63) is 48.5 Å². The van der Waals surface area contributed by atoms with Crippen molar-refractivity contribution in [3.63, 3.8) is 0 Å². The quantitative estimate of drug-likeness (QED) is 0.507. The molecule has 0 unspecified atom stereocenters. The summed E-state index contributed by atoms with van der Waals surface area (Å²) in [6, 6.07) is 11.0. The summed E-state index contributed by atoms with van der Waals surface area (Å²) in [5.41, 5.74) is 0.319. The molecule has 30 heavy (non-hydrogen) atoms. The van der Waals surface area contributed by atoms with E-state index in [9.17, 15) is 26.4 Å². The van der Waals surface area contributed by atoms with E-state index in [2.05, 4.69) is 10.0 Å². The maximum absolute atomic E-state index is 12.2. The van der Waals surface area contributed by atoms with Gasteiger partial charge in [0.1, 0.15) is 5.75 Å². The molecule has 0 heterocycles. The van der Waals surface area contributed by atoms with Crippen LogP contribution in [0.4, 0.5) is 5.69 Å². The summed E-state index contributed by atoms with van der Waals surface area (Å²) in [5.74, 6) is -0.668. The molecule has 2 amide bonds. The van der Waals surface area contributed by atoms with Crippen LogP contribution in [0.2, 0.25) is 0 Å². The number of benzene rings is 2. The lowest BCUT2D eigenvalue weighted by Gasteiger charge is -2.09. The van der Waals surface area contributed by atoms with Gasteiger partial charge in [0.05, 0.1) is 16.9 Å². The van der Waals surface area contributed by atoms with Gasteiger partial charge in [-0.05, 0) is 48.5 Å². The predicted octanol–water partition coefficient (Wildman–Crippen LogP) is 0.827. The maximum Gasteiger partial charge on any atom is 0.264 e. The zero-order chi connectivity index (χ0) is 22.4. The molecule has 0 atom stereocenters. The number of carbonyl (C=O) groups excluding carboxylic acids is 2. The molecule has 0 aromatic heterocycles. The Bertz CT molecular complexity index is 1110. The Morgan fingerprint density at radius 2 is 1.40 bits per heavy atom. The molecule has 0 fully saturated rings. The van der Waals surface area contributed by atoms with Crippen LogP contribution < -0.4 is 19.5 Å². The number of hydrogen-bond acceptors (Lipinski definition) is 7. The lowest BCUT2D eigenvalue weighted by molar-refractivity contribution is -0.117. The van der Waals surface area contributed by atoms with Crippen LogP contribution in [0.25, 0.3) is 0 Å². The highest BCUT2D eigenvalue weighted by molar-refractivity contribution is 7.90. The fourth-order valence-electron chi connectivity index (χ4n) is 2.33. The number of amides is 2. The van der Waals surface area contributed by atoms with E-state index in [0.29, 0.717) is 11.4 Å². The molecule has 0 aliphatic heterocycles. The minimum absolute atomic E-state index is 0.0414. The third kappa shape index (κ3) is 6.54. The van der Waals surface area contributed by atoms with Crippen molar-refractivity contribution in [1.29, 1.82) is 0 Å². The molecule has 0 radical (unpaired) electrons. The van der Waals surface area contributed by atoms with Gasteiger partial charge in [-0.1, -0.05) is 0 Å². The number of rotatable bonds is 9. The molecule has 2 aromatic carbocycles. The number of sulfonamides is 2. The topological polar surface area (TPSA) is 148 Å². The van der Waals surface area contributed by atoms with E-state index < -0.39 is 31.9 Å². The molecule has 0 saturated heterocycles. The Morgan fingerprint density at radius 1 is 0.867 bits per heavy atom. The van der Waals surface area contributed by atoms with E-state index in [4.69, 9.17) is 4.74 Å². The normalized spacial score (nSPS) is 11.5. The Balaban J connectivity index is 1.89. The molecule has 0 aliphatic carbocycles. The molecule has 12 heteroatoms. The standard InChI is InChI=1S/C18H21N3O7S2/c1-13(22)21-30(26,27)17-7-3-14(4-8-17)20-18(23)11-12-19-29(24,25)16-9-5-15(28-2)6-10-16/h3-10,19H,11-12H2,1-2H3,(H,20,23)(H,21,22). The largest absolute Gasteiger partial charge is 0.497 e. The molecule has 2 rings (SSSR count). The van der Waals surface area contributed by atoms with Crippen LogP contribution in [0.3, 0.4) is 0 Å². The van der Waals surface area contributed by atoms with Crippen LogP contribution in [-0.4, -0.2) is 42.3 Å². The zero-order valence-corrected chi connectivity index (χ0v) is 17.8. The summed E-state index contributed by atoms with van der Waals surface area (Å²) in [6.07, 6.45) is -0.138. The molecule has 162 valence electrons. The third-order valence-electron chi connectivity index (χ3n) is 3.74. The first-order chi connectivity index (χ1) is 14.0. The summed E-state index contributed by atoms with van der Waals surface area (Å²) in [7, 11) is -6.27. The van der Waals surface area contributed by atoms with E-state index >= 15 is 0 Å². The van der Waals surface area contributed by atoms with Crippen molar-refractivity contribution >= 4 is 37.5 Å². The van der Waals surface area contributed by atoms with Crippen LogP contribution in [0.1, 0.15) is 13.3 Å². The molecule has 0 aliphatic rings. The number of methoxy groups -OCH3 is 1. The van der Waals surface area contributed by atoms with E-state index in [1.54, 1.807) is 0 Å². The average Bonchev–Trinajstić information content (AvgIpc) is 2.67. The van der Waals surface area contributed by atoms with Gasteiger partial charge in [0.15, 0.2) is 0 Å². The first kappa shape index (κ1) is 23.3. The van der Waals surface area contributed by atoms with Gasteiger partial charge in [-0.3, -0.25) is 9.59 Å². The Labute approximate surface area is 174 Å². The molecule has 0 spiro atoms. The Hall–Kier alpha value is -2.96. The van der Waals surface area contributed by atoms with E-state index in [0.717, 1.165) is 6.92 Å². The second kappa shape index (κ2) is 9.69. The van der Waals surface area contributed by atoms with Crippen LogP contribution >= 0.6 is 0 Å².